The number of benzene rings is 1. The van der Waals surface area contributed by atoms with E-state index in [1.54, 1.807) is 11.1 Å². The van der Waals surface area contributed by atoms with Crippen molar-refractivity contribution in [3.05, 3.63) is 34.9 Å². The highest BCUT2D eigenvalue weighted by atomic mass is 15.1. The van der Waals surface area contributed by atoms with Crippen molar-refractivity contribution in [2.24, 2.45) is 0 Å². The summed E-state index contributed by atoms with van der Waals surface area (Å²) in [4.78, 5) is 2.40. The first kappa shape index (κ1) is 8.76. The Morgan fingerprint density at radius 1 is 1.38 bits per heavy atom. The van der Waals surface area contributed by atoms with Gasteiger partial charge in [0.05, 0.1) is 0 Å². The van der Waals surface area contributed by atoms with Crippen LogP contribution in [-0.4, -0.2) is 18.5 Å². The number of hydrogen-bond donors (Lipinski definition) is 0. The second kappa shape index (κ2) is 3.51. The van der Waals surface area contributed by atoms with Crippen molar-refractivity contribution in [3.8, 4) is 0 Å². The van der Waals surface area contributed by atoms with E-state index in [-0.39, 0.29) is 0 Å². The minimum absolute atomic E-state index is 1.14. The second-order valence-corrected chi connectivity index (χ2v) is 3.90. The Bertz CT molecular complexity index is 290. The average Bonchev–Trinajstić information content (AvgIpc) is 2.17. The molecular formula is C12H17N. The molecule has 0 N–H and O–H groups in total. The van der Waals surface area contributed by atoms with Gasteiger partial charge in [-0.2, -0.15) is 0 Å². The molecule has 0 bridgehead atoms. The van der Waals surface area contributed by atoms with Gasteiger partial charge in [-0.25, -0.2) is 0 Å². The summed E-state index contributed by atoms with van der Waals surface area (Å²) in [5, 5.41) is 0. The maximum absolute atomic E-state index is 2.40. The molecule has 0 spiro atoms. The Labute approximate surface area is 80.4 Å². The van der Waals surface area contributed by atoms with Crippen molar-refractivity contribution in [2.75, 3.05) is 13.6 Å². The first-order valence-electron chi connectivity index (χ1n) is 5.09. The molecule has 0 atom stereocenters. The standard InChI is InChI=1S/C12H17N/c1-3-10-5-4-6-11-7-8-13(2)9-12(10)11/h4-6H,3,7-9H2,1-2H3. The van der Waals surface area contributed by atoms with E-state index in [1.165, 1.54) is 18.5 Å². The lowest BCUT2D eigenvalue weighted by Gasteiger charge is -2.26. The maximum atomic E-state index is 2.40. The van der Waals surface area contributed by atoms with Crippen LogP contribution in [0.4, 0.5) is 0 Å². The van der Waals surface area contributed by atoms with Crippen molar-refractivity contribution in [1.29, 1.82) is 0 Å². The summed E-state index contributed by atoms with van der Waals surface area (Å²) in [5.41, 5.74) is 4.68. The second-order valence-electron chi connectivity index (χ2n) is 3.90. The quantitative estimate of drug-likeness (QED) is 0.632. The number of rotatable bonds is 1. The van der Waals surface area contributed by atoms with Crippen LogP contribution in [0.25, 0.3) is 0 Å². The molecule has 13 heavy (non-hydrogen) atoms. The minimum atomic E-state index is 1.14. The summed E-state index contributed by atoms with van der Waals surface area (Å²) < 4.78 is 0. The Morgan fingerprint density at radius 2 is 2.23 bits per heavy atom. The van der Waals surface area contributed by atoms with Crippen LogP contribution < -0.4 is 0 Å². The molecule has 1 aromatic carbocycles. The molecule has 1 aliphatic heterocycles. The van der Waals surface area contributed by atoms with Gasteiger partial charge in [0.1, 0.15) is 0 Å². The van der Waals surface area contributed by atoms with Crippen molar-refractivity contribution in [1.82, 2.24) is 4.90 Å². The highest BCUT2D eigenvalue weighted by Gasteiger charge is 2.14. The zero-order valence-electron chi connectivity index (χ0n) is 8.51. The fourth-order valence-corrected chi connectivity index (χ4v) is 2.12. The predicted octanol–water partition coefficient (Wildman–Crippen LogP) is 2.24. The van der Waals surface area contributed by atoms with E-state index >= 15 is 0 Å². The van der Waals surface area contributed by atoms with Crippen LogP contribution in [0, 0.1) is 0 Å². The molecule has 1 heteroatoms. The van der Waals surface area contributed by atoms with Gasteiger partial charge in [0.25, 0.3) is 0 Å². The summed E-state index contributed by atoms with van der Waals surface area (Å²) in [7, 11) is 2.20. The zero-order valence-corrected chi connectivity index (χ0v) is 8.51. The highest BCUT2D eigenvalue weighted by Crippen LogP contribution is 2.21. The average molecular weight is 175 g/mol. The maximum Gasteiger partial charge on any atom is 0.0236 e. The Hall–Kier alpha value is -0.820. The molecule has 0 aliphatic carbocycles. The van der Waals surface area contributed by atoms with E-state index in [0.29, 0.717) is 0 Å². The first-order chi connectivity index (χ1) is 6.31. The molecule has 70 valence electrons. The normalized spacial score (nSPS) is 17.1. The summed E-state index contributed by atoms with van der Waals surface area (Å²) in [5.74, 6) is 0. The molecule has 0 aromatic heterocycles. The van der Waals surface area contributed by atoms with Gasteiger partial charge in [-0.15, -0.1) is 0 Å². The van der Waals surface area contributed by atoms with E-state index < -0.39 is 0 Å². The van der Waals surface area contributed by atoms with Crippen LogP contribution in [0.3, 0.4) is 0 Å². The molecule has 0 radical (unpaired) electrons. The van der Waals surface area contributed by atoms with Crippen LogP contribution in [-0.2, 0) is 19.4 Å². The van der Waals surface area contributed by atoms with Gasteiger partial charge in [0, 0.05) is 13.1 Å². The van der Waals surface area contributed by atoms with Crippen LogP contribution >= 0.6 is 0 Å². The fraction of sp³-hybridized carbons (Fsp3) is 0.500. The van der Waals surface area contributed by atoms with Crippen molar-refractivity contribution in [2.45, 2.75) is 26.3 Å². The Kier molecular flexibility index (Phi) is 2.36. The molecule has 1 nitrogen and oxygen atoms in total. The molecule has 0 unspecified atom stereocenters. The number of likely N-dealkylation sites (N-methyl/N-ethyl adjacent to an activating group) is 1. The molecule has 1 aromatic rings. The summed E-state index contributed by atoms with van der Waals surface area (Å²) >= 11 is 0. The van der Waals surface area contributed by atoms with Gasteiger partial charge in [0.2, 0.25) is 0 Å². The largest absolute Gasteiger partial charge is 0.302 e. The molecule has 1 heterocycles. The number of hydrogen-bond acceptors (Lipinski definition) is 1. The van der Waals surface area contributed by atoms with Gasteiger partial charge in [-0.05, 0) is 36.6 Å². The van der Waals surface area contributed by atoms with E-state index in [9.17, 15) is 0 Å². The molecule has 0 amide bonds. The SMILES string of the molecule is CCc1cccc2c1CN(C)CC2. The van der Waals surface area contributed by atoms with Crippen LogP contribution in [0.5, 0.6) is 0 Å². The number of fused-ring (bicyclic) bond motifs is 1. The molecular weight excluding hydrogens is 158 g/mol. The lowest BCUT2D eigenvalue weighted by atomic mass is 9.94. The summed E-state index contributed by atoms with van der Waals surface area (Å²) in [6.45, 7) is 4.59. The van der Waals surface area contributed by atoms with Crippen LogP contribution in [0.1, 0.15) is 23.6 Å². The zero-order chi connectivity index (χ0) is 9.26. The number of nitrogens with zero attached hydrogens (tertiary/aromatic N) is 1. The predicted molar refractivity (Wildman–Crippen MR) is 55.9 cm³/mol. The molecule has 0 fully saturated rings. The van der Waals surface area contributed by atoms with Gasteiger partial charge in [-0.1, -0.05) is 25.1 Å². The van der Waals surface area contributed by atoms with Crippen LogP contribution in [0.2, 0.25) is 0 Å². The van der Waals surface area contributed by atoms with Gasteiger partial charge < -0.3 is 4.90 Å². The lowest BCUT2D eigenvalue weighted by molar-refractivity contribution is 0.311. The van der Waals surface area contributed by atoms with Gasteiger partial charge in [0.15, 0.2) is 0 Å². The molecule has 1 aliphatic rings. The van der Waals surface area contributed by atoms with E-state index in [4.69, 9.17) is 0 Å². The monoisotopic (exact) mass is 175 g/mol. The summed E-state index contributed by atoms with van der Waals surface area (Å²) in [6, 6.07) is 6.74. The van der Waals surface area contributed by atoms with Gasteiger partial charge >= 0.3 is 0 Å². The van der Waals surface area contributed by atoms with Crippen molar-refractivity contribution < 1.29 is 0 Å². The smallest absolute Gasteiger partial charge is 0.0236 e. The Balaban J connectivity index is 2.41. The number of aryl methyl sites for hydroxylation is 1. The topological polar surface area (TPSA) is 3.24 Å². The van der Waals surface area contributed by atoms with E-state index in [0.717, 1.165) is 13.0 Å². The summed E-state index contributed by atoms with van der Waals surface area (Å²) in [6.07, 6.45) is 2.39. The van der Waals surface area contributed by atoms with E-state index in [1.807, 2.05) is 0 Å². The Morgan fingerprint density at radius 3 is 3.00 bits per heavy atom. The van der Waals surface area contributed by atoms with Crippen LogP contribution in [0.15, 0.2) is 18.2 Å². The first-order valence-corrected chi connectivity index (χ1v) is 5.09. The third kappa shape index (κ3) is 1.61. The highest BCUT2D eigenvalue weighted by molar-refractivity contribution is 5.36. The van der Waals surface area contributed by atoms with Crippen molar-refractivity contribution >= 4 is 0 Å². The molecule has 2 rings (SSSR count). The molecule has 0 saturated carbocycles. The van der Waals surface area contributed by atoms with E-state index in [2.05, 4.69) is 37.1 Å². The lowest BCUT2D eigenvalue weighted by Crippen LogP contribution is -2.27. The van der Waals surface area contributed by atoms with Crippen molar-refractivity contribution in [3.63, 3.8) is 0 Å². The third-order valence-electron chi connectivity index (χ3n) is 2.94. The fourth-order valence-electron chi connectivity index (χ4n) is 2.12. The van der Waals surface area contributed by atoms with Gasteiger partial charge in [-0.3, -0.25) is 0 Å². The molecule has 0 saturated heterocycles. The third-order valence-corrected chi connectivity index (χ3v) is 2.94. The minimum Gasteiger partial charge on any atom is -0.302 e.